The Kier molecular flexibility index (Phi) is 5.00. The van der Waals surface area contributed by atoms with Gasteiger partial charge in [0.1, 0.15) is 18.0 Å². The second kappa shape index (κ2) is 7.56. The van der Waals surface area contributed by atoms with E-state index in [1.165, 1.54) is 18.0 Å². The maximum absolute atomic E-state index is 14.2. The lowest BCUT2D eigenvalue weighted by Gasteiger charge is -2.32. The fraction of sp³-hybridized carbons (Fsp3) is 0.300. The molecule has 1 aliphatic heterocycles. The van der Waals surface area contributed by atoms with E-state index >= 15 is 0 Å². The number of fused-ring (bicyclic) bond motifs is 1. The van der Waals surface area contributed by atoms with Gasteiger partial charge in [-0.1, -0.05) is 29.8 Å². The summed E-state index contributed by atoms with van der Waals surface area (Å²) in [5, 5.41) is 4.66. The van der Waals surface area contributed by atoms with Crippen LogP contribution in [0.25, 0.3) is 10.9 Å². The van der Waals surface area contributed by atoms with Gasteiger partial charge in [0.05, 0.1) is 10.9 Å². The van der Waals surface area contributed by atoms with Crippen LogP contribution in [0.3, 0.4) is 0 Å². The second-order valence-electron chi connectivity index (χ2n) is 6.68. The Labute approximate surface area is 157 Å². The van der Waals surface area contributed by atoms with Gasteiger partial charge in [-0.2, -0.15) is 0 Å². The van der Waals surface area contributed by atoms with Gasteiger partial charge >= 0.3 is 0 Å². The molecule has 1 aliphatic rings. The summed E-state index contributed by atoms with van der Waals surface area (Å²) in [6.45, 7) is 2.91. The summed E-state index contributed by atoms with van der Waals surface area (Å²) in [4.78, 5) is 10.9. The summed E-state index contributed by atoms with van der Waals surface area (Å²) in [5.74, 6) is 0.301. The highest BCUT2D eigenvalue weighted by atomic mass is 35.5. The number of aromatic nitrogens is 2. The SMILES string of the molecule is Fc1cccc2ncnc(NC3CCN(Cc4ccc(Cl)cc4)CC3)c12. The minimum atomic E-state index is -0.286. The Morgan fingerprint density at radius 2 is 1.85 bits per heavy atom. The molecule has 0 unspecified atom stereocenters. The third-order valence-electron chi connectivity index (χ3n) is 4.86. The van der Waals surface area contributed by atoms with Crippen molar-refractivity contribution in [1.82, 2.24) is 14.9 Å². The van der Waals surface area contributed by atoms with Crippen LogP contribution >= 0.6 is 11.6 Å². The second-order valence-corrected chi connectivity index (χ2v) is 7.11. The van der Waals surface area contributed by atoms with Crippen molar-refractivity contribution < 1.29 is 4.39 Å². The van der Waals surface area contributed by atoms with Crippen LogP contribution in [0.5, 0.6) is 0 Å². The van der Waals surface area contributed by atoms with Crippen molar-refractivity contribution in [3.63, 3.8) is 0 Å². The van der Waals surface area contributed by atoms with Gasteiger partial charge in [-0.05, 0) is 42.7 Å². The summed E-state index contributed by atoms with van der Waals surface area (Å²) >= 11 is 5.94. The van der Waals surface area contributed by atoms with Crippen molar-refractivity contribution in [3.05, 3.63) is 65.2 Å². The first-order chi connectivity index (χ1) is 12.7. The minimum Gasteiger partial charge on any atom is -0.367 e. The van der Waals surface area contributed by atoms with Crippen LogP contribution in [0.1, 0.15) is 18.4 Å². The Hall–Kier alpha value is -2.24. The molecule has 0 atom stereocenters. The van der Waals surface area contributed by atoms with E-state index in [1.54, 1.807) is 12.1 Å². The number of hydrogen-bond donors (Lipinski definition) is 1. The number of piperidine rings is 1. The normalized spacial score (nSPS) is 16.1. The van der Waals surface area contributed by atoms with Crippen molar-refractivity contribution in [1.29, 1.82) is 0 Å². The summed E-state index contributed by atoms with van der Waals surface area (Å²) < 4.78 is 14.2. The molecule has 6 heteroatoms. The van der Waals surface area contributed by atoms with Gasteiger partial charge in [0.25, 0.3) is 0 Å². The van der Waals surface area contributed by atoms with Crippen LogP contribution in [-0.4, -0.2) is 34.0 Å². The summed E-state index contributed by atoms with van der Waals surface area (Å²) in [6.07, 6.45) is 3.47. The number of benzene rings is 2. The molecule has 0 saturated carbocycles. The maximum Gasteiger partial charge on any atom is 0.140 e. The van der Waals surface area contributed by atoms with E-state index in [9.17, 15) is 4.39 Å². The third-order valence-corrected chi connectivity index (χ3v) is 5.11. The van der Waals surface area contributed by atoms with Crippen LogP contribution in [0.15, 0.2) is 48.8 Å². The average Bonchev–Trinajstić information content (AvgIpc) is 2.65. The minimum absolute atomic E-state index is 0.286. The van der Waals surface area contributed by atoms with Gasteiger partial charge in [0.2, 0.25) is 0 Å². The number of likely N-dealkylation sites (tertiary alicyclic amines) is 1. The molecule has 0 amide bonds. The molecule has 0 radical (unpaired) electrons. The maximum atomic E-state index is 14.2. The van der Waals surface area contributed by atoms with E-state index < -0.39 is 0 Å². The molecule has 3 aromatic rings. The van der Waals surface area contributed by atoms with Crippen molar-refractivity contribution in [3.8, 4) is 0 Å². The van der Waals surface area contributed by atoms with Crippen LogP contribution < -0.4 is 5.32 Å². The van der Waals surface area contributed by atoms with Crippen molar-refractivity contribution in [2.75, 3.05) is 18.4 Å². The largest absolute Gasteiger partial charge is 0.367 e. The molecule has 1 N–H and O–H groups in total. The highest BCUT2D eigenvalue weighted by Crippen LogP contribution is 2.25. The Balaban J connectivity index is 1.39. The first-order valence-electron chi connectivity index (χ1n) is 8.81. The van der Waals surface area contributed by atoms with Crippen molar-refractivity contribution >= 4 is 28.3 Å². The quantitative estimate of drug-likeness (QED) is 0.734. The molecule has 0 bridgehead atoms. The fourth-order valence-corrected chi connectivity index (χ4v) is 3.58. The highest BCUT2D eigenvalue weighted by molar-refractivity contribution is 6.30. The molecule has 1 aromatic heterocycles. The number of halogens is 2. The first-order valence-corrected chi connectivity index (χ1v) is 9.19. The van der Waals surface area contributed by atoms with Crippen molar-refractivity contribution in [2.45, 2.75) is 25.4 Å². The van der Waals surface area contributed by atoms with Gasteiger partial charge in [0, 0.05) is 30.7 Å². The standard InChI is InChI=1S/C20H20ClFN4/c21-15-6-4-14(5-7-15)12-26-10-8-16(9-11-26)25-20-19-17(22)2-1-3-18(19)23-13-24-20/h1-7,13,16H,8-12H2,(H,23,24,25). The molecule has 134 valence electrons. The molecule has 0 spiro atoms. The molecular weight excluding hydrogens is 351 g/mol. The number of rotatable bonds is 4. The molecule has 4 rings (SSSR count). The molecule has 1 fully saturated rings. The van der Waals surface area contributed by atoms with E-state index in [2.05, 4.69) is 32.3 Å². The van der Waals surface area contributed by atoms with Gasteiger partial charge in [0.15, 0.2) is 0 Å². The Morgan fingerprint density at radius 1 is 1.08 bits per heavy atom. The smallest absolute Gasteiger partial charge is 0.140 e. The lowest BCUT2D eigenvalue weighted by Crippen LogP contribution is -2.38. The molecule has 2 aromatic carbocycles. The Morgan fingerprint density at radius 3 is 2.62 bits per heavy atom. The van der Waals surface area contributed by atoms with E-state index in [0.29, 0.717) is 16.7 Å². The fourth-order valence-electron chi connectivity index (χ4n) is 3.45. The molecule has 0 aliphatic carbocycles. The zero-order valence-electron chi connectivity index (χ0n) is 14.3. The summed E-state index contributed by atoms with van der Waals surface area (Å²) in [5.41, 5.74) is 1.90. The third kappa shape index (κ3) is 3.79. The summed E-state index contributed by atoms with van der Waals surface area (Å²) in [7, 11) is 0. The van der Waals surface area contributed by atoms with Gasteiger partial charge in [-0.25, -0.2) is 14.4 Å². The lowest BCUT2D eigenvalue weighted by molar-refractivity contribution is 0.211. The number of hydrogen-bond acceptors (Lipinski definition) is 4. The van der Waals surface area contributed by atoms with E-state index in [4.69, 9.17) is 11.6 Å². The summed E-state index contributed by atoms with van der Waals surface area (Å²) in [6, 6.07) is 13.2. The Bertz CT molecular complexity index is 887. The van der Waals surface area contributed by atoms with Crippen LogP contribution in [0, 0.1) is 5.82 Å². The predicted molar refractivity (Wildman–Crippen MR) is 103 cm³/mol. The zero-order valence-corrected chi connectivity index (χ0v) is 15.1. The van der Waals surface area contributed by atoms with Gasteiger partial charge in [-0.3, -0.25) is 4.90 Å². The van der Waals surface area contributed by atoms with E-state index in [0.717, 1.165) is 37.5 Å². The number of nitrogens with one attached hydrogen (secondary N) is 1. The highest BCUT2D eigenvalue weighted by Gasteiger charge is 2.20. The topological polar surface area (TPSA) is 41.1 Å². The van der Waals surface area contributed by atoms with E-state index in [-0.39, 0.29) is 11.9 Å². The molecule has 2 heterocycles. The molecule has 1 saturated heterocycles. The average molecular weight is 371 g/mol. The van der Waals surface area contributed by atoms with Gasteiger partial charge in [-0.15, -0.1) is 0 Å². The van der Waals surface area contributed by atoms with Crippen LogP contribution in [-0.2, 0) is 6.54 Å². The zero-order chi connectivity index (χ0) is 17.9. The number of anilines is 1. The monoisotopic (exact) mass is 370 g/mol. The molecule has 26 heavy (non-hydrogen) atoms. The van der Waals surface area contributed by atoms with E-state index in [1.807, 2.05) is 12.1 Å². The van der Waals surface area contributed by atoms with Crippen LogP contribution in [0.2, 0.25) is 5.02 Å². The van der Waals surface area contributed by atoms with Crippen molar-refractivity contribution in [2.24, 2.45) is 0 Å². The molecule has 4 nitrogen and oxygen atoms in total. The lowest BCUT2D eigenvalue weighted by atomic mass is 10.0. The van der Waals surface area contributed by atoms with Gasteiger partial charge < -0.3 is 5.32 Å². The number of nitrogens with zero attached hydrogens (tertiary/aromatic N) is 3. The van der Waals surface area contributed by atoms with Crippen LogP contribution in [0.4, 0.5) is 10.2 Å². The predicted octanol–water partition coefficient (Wildman–Crippen LogP) is 4.50. The molecular formula is C20H20ClFN4. The first kappa shape index (κ1) is 17.2.